The van der Waals surface area contributed by atoms with Gasteiger partial charge >= 0.3 is 5.97 Å². The number of ether oxygens (including phenoxy) is 1. The zero-order valence-corrected chi connectivity index (χ0v) is 17.9. The maximum absolute atomic E-state index is 10.8. The van der Waals surface area contributed by atoms with E-state index in [1.807, 2.05) is 19.1 Å². The van der Waals surface area contributed by atoms with Crippen molar-refractivity contribution < 1.29 is 14.6 Å². The number of fused-ring (bicyclic) bond motifs is 1. The van der Waals surface area contributed by atoms with Gasteiger partial charge in [-0.05, 0) is 66.4 Å². The molecule has 0 radical (unpaired) electrons. The Hall–Kier alpha value is -3.27. The van der Waals surface area contributed by atoms with Crippen LogP contribution in [-0.2, 0) is 10.2 Å². The van der Waals surface area contributed by atoms with Crippen molar-refractivity contribution in [2.24, 2.45) is 0 Å². The minimum Gasteiger partial charge on any atom is -0.482 e. The van der Waals surface area contributed by atoms with Crippen LogP contribution in [0.15, 0.2) is 60.7 Å². The number of carboxylic acids is 1. The fourth-order valence-electron chi connectivity index (χ4n) is 4.14. The molecule has 1 N–H and O–H groups in total. The summed E-state index contributed by atoms with van der Waals surface area (Å²) in [5.41, 5.74) is 8.31. The Morgan fingerprint density at radius 1 is 1.00 bits per heavy atom. The summed E-state index contributed by atoms with van der Waals surface area (Å²) in [5.74, 6) is -0.368. The molecule has 30 heavy (non-hydrogen) atoms. The second-order valence-corrected chi connectivity index (χ2v) is 8.70. The molecule has 1 aliphatic rings. The molecule has 0 fully saturated rings. The van der Waals surface area contributed by atoms with Crippen molar-refractivity contribution in [3.05, 3.63) is 77.4 Å². The first-order chi connectivity index (χ1) is 14.2. The van der Waals surface area contributed by atoms with E-state index in [1.54, 1.807) is 0 Å². The predicted octanol–water partition coefficient (Wildman–Crippen LogP) is 5.86. The number of hydrogen-bond donors (Lipinski definition) is 1. The maximum Gasteiger partial charge on any atom is 0.341 e. The predicted molar refractivity (Wildman–Crippen MR) is 121 cm³/mol. The molecule has 4 heteroatoms. The number of rotatable bonds is 5. The minimum atomic E-state index is -0.974. The van der Waals surface area contributed by atoms with Crippen LogP contribution in [0.25, 0.3) is 11.1 Å². The highest BCUT2D eigenvalue weighted by Gasteiger charge is 2.36. The van der Waals surface area contributed by atoms with Crippen molar-refractivity contribution in [3.63, 3.8) is 0 Å². The van der Waals surface area contributed by atoms with E-state index in [4.69, 9.17) is 9.84 Å². The van der Waals surface area contributed by atoms with Crippen LogP contribution in [0.3, 0.4) is 0 Å². The molecule has 1 aliphatic heterocycles. The van der Waals surface area contributed by atoms with E-state index in [-0.39, 0.29) is 12.0 Å². The Morgan fingerprint density at radius 3 is 2.37 bits per heavy atom. The quantitative estimate of drug-likeness (QED) is 0.581. The van der Waals surface area contributed by atoms with E-state index in [2.05, 4.69) is 74.2 Å². The zero-order chi connectivity index (χ0) is 21.5. The number of benzene rings is 3. The number of carbonyl (C=O) groups is 1. The highest BCUT2D eigenvalue weighted by molar-refractivity contribution is 5.78. The first-order valence-corrected chi connectivity index (χ1v) is 10.2. The summed E-state index contributed by atoms with van der Waals surface area (Å²) in [6, 6.07) is 21.3. The molecular weight excluding hydrogens is 374 g/mol. The lowest BCUT2D eigenvalue weighted by Gasteiger charge is -2.23. The largest absolute Gasteiger partial charge is 0.482 e. The second kappa shape index (κ2) is 7.52. The number of carboxylic acid groups (broad SMARTS) is 1. The SMILES string of the molecule is Cc1ccc(-c2ccc3c(c2)C(C)(C)CN3c2ccc(OCC(=O)O)c(C)c2)cc1. The number of anilines is 2. The lowest BCUT2D eigenvalue weighted by Crippen LogP contribution is -2.25. The molecule has 0 bridgehead atoms. The number of nitrogens with zero attached hydrogens (tertiary/aromatic N) is 1. The van der Waals surface area contributed by atoms with Gasteiger partial charge < -0.3 is 14.7 Å². The average molecular weight is 402 g/mol. The van der Waals surface area contributed by atoms with Gasteiger partial charge in [-0.15, -0.1) is 0 Å². The third kappa shape index (κ3) is 3.78. The van der Waals surface area contributed by atoms with Crippen LogP contribution in [0, 0.1) is 13.8 Å². The van der Waals surface area contributed by atoms with Crippen molar-refractivity contribution in [1.82, 2.24) is 0 Å². The van der Waals surface area contributed by atoms with Gasteiger partial charge in [0.05, 0.1) is 0 Å². The van der Waals surface area contributed by atoms with Crippen LogP contribution in [0.5, 0.6) is 5.75 Å². The Bertz CT molecular complexity index is 1100. The van der Waals surface area contributed by atoms with Crippen LogP contribution >= 0.6 is 0 Å². The van der Waals surface area contributed by atoms with Gasteiger partial charge in [0.15, 0.2) is 6.61 Å². The van der Waals surface area contributed by atoms with Crippen molar-refractivity contribution in [3.8, 4) is 16.9 Å². The molecular formula is C26H27NO3. The number of aliphatic carboxylic acids is 1. The van der Waals surface area contributed by atoms with Crippen LogP contribution in [0.4, 0.5) is 11.4 Å². The van der Waals surface area contributed by atoms with E-state index in [1.165, 1.54) is 27.9 Å². The lowest BCUT2D eigenvalue weighted by atomic mass is 9.85. The van der Waals surface area contributed by atoms with Gasteiger partial charge in [-0.2, -0.15) is 0 Å². The summed E-state index contributed by atoms with van der Waals surface area (Å²) in [6.07, 6.45) is 0. The van der Waals surface area contributed by atoms with E-state index >= 15 is 0 Å². The molecule has 0 aliphatic carbocycles. The van der Waals surface area contributed by atoms with Gasteiger partial charge in [0.25, 0.3) is 0 Å². The van der Waals surface area contributed by atoms with Gasteiger partial charge in [0.2, 0.25) is 0 Å². The van der Waals surface area contributed by atoms with Gasteiger partial charge in [0.1, 0.15) is 5.75 Å². The fraction of sp³-hybridized carbons (Fsp3) is 0.269. The Balaban J connectivity index is 1.68. The maximum atomic E-state index is 10.8. The van der Waals surface area contributed by atoms with Crippen molar-refractivity contribution >= 4 is 17.3 Å². The van der Waals surface area contributed by atoms with Crippen molar-refractivity contribution in [1.29, 1.82) is 0 Å². The van der Waals surface area contributed by atoms with Crippen LogP contribution in [0.1, 0.15) is 30.5 Å². The molecule has 0 atom stereocenters. The Morgan fingerprint density at radius 2 is 1.70 bits per heavy atom. The molecule has 3 aromatic carbocycles. The topological polar surface area (TPSA) is 49.8 Å². The zero-order valence-electron chi connectivity index (χ0n) is 17.9. The first-order valence-electron chi connectivity index (χ1n) is 10.2. The van der Waals surface area contributed by atoms with Gasteiger partial charge in [-0.3, -0.25) is 0 Å². The third-order valence-electron chi connectivity index (χ3n) is 5.78. The van der Waals surface area contributed by atoms with Gasteiger partial charge in [-0.1, -0.05) is 49.7 Å². The second-order valence-electron chi connectivity index (χ2n) is 8.70. The molecule has 154 valence electrons. The monoisotopic (exact) mass is 401 g/mol. The van der Waals surface area contributed by atoms with Crippen LogP contribution in [-0.4, -0.2) is 24.2 Å². The van der Waals surface area contributed by atoms with E-state index in [0.29, 0.717) is 5.75 Å². The van der Waals surface area contributed by atoms with Gasteiger partial charge in [-0.25, -0.2) is 4.79 Å². The first kappa shape index (κ1) is 20.0. The van der Waals surface area contributed by atoms with Crippen molar-refractivity contribution in [2.45, 2.75) is 33.1 Å². The molecule has 0 unspecified atom stereocenters. The molecule has 1 heterocycles. The van der Waals surface area contributed by atoms with Crippen LogP contribution in [0.2, 0.25) is 0 Å². The Labute approximate surface area is 177 Å². The summed E-state index contributed by atoms with van der Waals surface area (Å²) in [7, 11) is 0. The molecule has 0 saturated heterocycles. The summed E-state index contributed by atoms with van der Waals surface area (Å²) in [6.45, 7) is 9.16. The molecule has 0 aromatic heterocycles. The molecule has 0 amide bonds. The normalized spacial score (nSPS) is 14.5. The summed E-state index contributed by atoms with van der Waals surface area (Å²) in [4.78, 5) is 13.1. The Kier molecular flexibility index (Phi) is 5.02. The molecule has 0 saturated carbocycles. The minimum absolute atomic E-state index is 0.0163. The summed E-state index contributed by atoms with van der Waals surface area (Å²) < 4.78 is 5.38. The molecule has 3 aromatic rings. The molecule has 0 spiro atoms. The summed E-state index contributed by atoms with van der Waals surface area (Å²) >= 11 is 0. The lowest BCUT2D eigenvalue weighted by molar-refractivity contribution is -0.139. The van der Waals surface area contributed by atoms with E-state index in [0.717, 1.165) is 17.8 Å². The summed E-state index contributed by atoms with van der Waals surface area (Å²) in [5, 5.41) is 8.84. The number of aryl methyl sites for hydroxylation is 2. The van der Waals surface area contributed by atoms with Crippen molar-refractivity contribution in [2.75, 3.05) is 18.1 Å². The molecule has 4 rings (SSSR count). The number of hydrogen-bond acceptors (Lipinski definition) is 3. The van der Waals surface area contributed by atoms with E-state index in [9.17, 15) is 4.79 Å². The van der Waals surface area contributed by atoms with E-state index < -0.39 is 5.97 Å². The fourth-order valence-corrected chi connectivity index (χ4v) is 4.14. The standard InChI is InChI=1S/C26H27NO3/c1-17-5-7-19(8-6-17)20-9-11-23-22(14-20)26(3,4)16-27(23)21-10-12-24(18(2)13-21)30-15-25(28)29/h5-14H,15-16H2,1-4H3,(H,28,29). The third-order valence-corrected chi connectivity index (χ3v) is 5.78. The smallest absolute Gasteiger partial charge is 0.341 e. The highest BCUT2D eigenvalue weighted by atomic mass is 16.5. The highest BCUT2D eigenvalue weighted by Crippen LogP contribution is 2.46. The molecule has 4 nitrogen and oxygen atoms in total. The van der Waals surface area contributed by atoms with Crippen LogP contribution < -0.4 is 9.64 Å². The van der Waals surface area contributed by atoms with Gasteiger partial charge in [0, 0.05) is 23.3 Å². The average Bonchev–Trinajstić information content (AvgIpc) is 2.98.